The Morgan fingerprint density at radius 2 is 1.71 bits per heavy atom. The SMILES string of the molecule is O=C(NCc1ccccc1Cl)c1cc(S(=O)(=O)N2CCOCC2)c(Cl)cc1Cl. The Morgan fingerprint density at radius 3 is 2.39 bits per heavy atom. The molecule has 1 saturated heterocycles. The van der Waals surface area contributed by atoms with E-state index in [0.717, 1.165) is 5.56 Å². The fourth-order valence-electron chi connectivity index (χ4n) is 2.74. The first-order valence-corrected chi connectivity index (χ1v) is 11.0. The Kier molecular flexibility index (Phi) is 6.85. The quantitative estimate of drug-likeness (QED) is 0.735. The highest BCUT2D eigenvalue weighted by Crippen LogP contribution is 2.31. The van der Waals surface area contributed by atoms with Gasteiger partial charge in [0.15, 0.2) is 0 Å². The molecule has 0 unspecified atom stereocenters. The summed E-state index contributed by atoms with van der Waals surface area (Å²) in [4.78, 5) is 12.4. The van der Waals surface area contributed by atoms with Gasteiger partial charge in [0.2, 0.25) is 10.0 Å². The van der Waals surface area contributed by atoms with Crippen LogP contribution in [0.15, 0.2) is 41.3 Å². The molecular formula is C18H17Cl3N2O4S. The lowest BCUT2D eigenvalue weighted by molar-refractivity contribution is 0.0730. The largest absolute Gasteiger partial charge is 0.379 e. The van der Waals surface area contributed by atoms with Crippen LogP contribution in [0, 0.1) is 0 Å². The summed E-state index contributed by atoms with van der Waals surface area (Å²) in [5.74, 6) is -0.528. The second-order valence-electron chi connectivity index (χ2n) is 6.05. The minimum absolute atomic E-state index is 0.0185. The number of hydrogen-bond donors (Lipinski definition) is 1. The zero-order chi connectivity index (χ0) is 20.3. The second-order valence-corrected chi connectivity index (χ2v) is 9.18. The topological polar surface area (TPSA) is 75.7 Å². The van der Waals surface area contributed by atoms with Crippen molar-refractivity contribution in [3.63, 3.8) is 0 Å². The molecule has 1 N–H and O–H groups in total. The van der Waals surface area contributed by atoms with E-state index in [0.29, 0.717) is 18.2 Å². The lowest BCUT2D eigenvalue weighted by Crippen LogP contribution is -2.40. The fourth-order valence-corrected chi connectivity index (χ4v) is 5.18. The van der Waals surface area contributed by atoms with Crippen LogP contribution in [0.2, 0.25) is 15.1 Å². The molecule has 28 heavy (non-hydrogen) atoms. The molecule has 1 fully saturated rings. The predicted molar refractivity (Wildman–Crippen MR) is 109 cm³/mol. The number of carbonyl (C=O) groups excluding carboxylic acids is 1. The van der Waals surface area contributed by atoms with E-state index in [1.165, 1.54) is 16.4 Å². The van der Waals surface area contributed by atoms with Crippen molar-refractivity contribution in [3.8, 4) is 0 Å². The van der Waals surface area contributed by atoms with Crippen LogP contribution in [-0.2, 0) is 21.3 Å². The van der Waals surface area contributed by atoms with Gasteiger partial charge in [-0.15, -0.1) is 0 Å². The molecule has 0 aliphatic carbocycles. The van der Waals surface area contributed by atoms with Crippen LogP contribution >= 0.6 is 34.8 Å². The van der Waals surface area contributed by atoms with Crippen LogP contribution in [0.3, 0.4) is 0 Å². The van der Waals surface area contributed by atoms with Gasteiger partial charge in [0.1, 0.15) is 4.90 Å². The van der Waals surface area contributed by atoms with Crippen molar-refractivity contribution in [2.24, 2.45) is 0 Å². The van der Waals surface area contributed by atoms with Crippen LogP contribution in [0.5, 0.6) is 0 Å². The maximum atomic E-state index is 12.9. The number of hydrogen-bond acceptors (Lipinski definition) is 4. The Bertz CT molecular complexity index is 992. The Labute approximate surface area is 178 Å². The average Bonchev–Trinajstić information content (AvgIpc) is 2.67. The molecule has 150 valence electrons. The third-order valence-corrected chi connectivity index (χ3v) is 7.30. The van der Waals surface area contributed by atoms with Gasteiger partial charge in [-0.05, 0) is 23.8 Å². The van der Waals surface area contributed by atoms with E-state index in [-0.39, 0.29) is 40.1 Å². The molecule has 0 bridgehead atoms. The number of carbonyl (C=O) groups is 1. The molecule has 0 radical (unpaired) electrons. The molecule has 1 amide bonds. The highest BCUT2D eigenvalue weighted by Gasteiger charge is 2.30. The molecule has 0 aromatic heterocycles. The smallest absolute Gasteiger partial charge is 0.253 e. The summed E-state index contributed by atoms with van der Waals surface area (Å²) in [6.07, 6.45) is 0. The van der Waals surface area contributed by atoms with E-state index >= 15 is 0 Å². The van der Waals surface area contributed by atoms with E-state index in [1.807, 2.05) is 0 Å². The van der Waals surface area contributed by atoms with Crippen molar-refractivity contribution in [2.75, 3.05) is 26.3 Å². The fraction of sp³-hybridized carbons (Fsp3) is 0.278. The Morgan fingerprint density at radius 1 is 1.04 bits per heavy atom. The minimum Gasteiger partial charge on any atom is -0.379 e. The Hall–Kier alpha value is -1.35. The first-order chi connectivity index (χ1) is 13.3. The first-order valence-electron chi connectivity index (χ1n) is 8.39. The molecule has 1 heterocycles. The summed E-state index contributed by atoms with van der Waals surface area (Å²) in [5, 5.41) is 3.23. The number of nitrogens with zero attached hydrogens (tertiary/aromatic N) is 1. The van der Waals surface area contributed by atoms with Crippen LogP contribution < -0.4 is 5.32 Å². The number of benzene rings is 2. The van der Waals surface area contributed by atoms with E-state index in [9.17, 15) is 13.2 Å². The molecule has 3 rings (SSSR count). The summed E-state index contributed by atoms with van der Waals surface area (Å²) in [5.41, 5.74) is 0.744. The van der Waals surface area contributed by atoms with Gasteiger partial charge in [-0.2, -0.15) is 4.31 Å². The van der Waals surface area contributed by atoms with Crippen LogP contribution in [0.25, 0.3) is 0 Å². The summed E-state index contributed by atoms with van der Waals surface area (Å²) >= 11 is 18.4. The molecule has 1 aliphatic rings. The molecular weight excluding hydrogens is 447 g/mol. The van der Waals surface area contributed by atoms with Gasteiger partial charge in [0.25, 0.3) is 5.91 Å². The lowest BCUT2D eigenvalue weighted by atomic mass is 10.2. The van der Waals surface area contributed by atoms with Gasteiger partial charge >= 0.3 is 0 Å². The van der Waals surface area contributed by atoms with Crippen molar-refractivity contribution in [2.45, 2.75) is 11.4 Å². The monoisotopic (exact) mass is 462 g/mol. The minimum atomic E-state index is -3.88. The normalized spacial score (nSPS) is 15.4. The zero-order valence-electron chi connectivity index (χ0n) is 14.6. The van der Waals surface area contributed by atoms with Gasteiger partial charge in [0, 0.05) is 24.7 Å². The summed E-state index contributed by atoms with van der Waals surface area (Å²) < 4.78 is 32.3. The second kappa shape index (κ2) is 8.98. The maximum Gasteiger partial charge on any atom is 0.253 e. The van der Waals surface area contributed by atoms with E-state index in [1.54, 1.807) is 24.3 Å². The van der Waals surface area contributed by atoms with Gasteiger partial charge in [-0.1, -0.05) is 53.0 Å². The van der Waals surface area contributed by atoms with Crippen molar-refractivity contribution >= 4 is 50.7 Å². The summed E-state index contributed by atoms with van der Waals surface area (Å²) in [6, 6.07) is 9.55. The third-order valence-electron chi connectivity index (χ3n) is 4.25. The van der Waals surface area contributed by atoms with Gasteiger partial charge in [-0.25, -0.2) is 8.42 Å². The van der Waals surface area contributed by atoms with E-state index in [4.69, 9.17) is 39.5 Å². The van der Waals surface area contributed by atoms with E-state index < -0.39 is 15.9 Å². The zero-order valence-corrected chi connectivity index (χ0v) is 17.7. The maximum absolute atomic E-state index is 12.9. The summed E-state index contributed by atoms with van der Waals surface area (Å²) in [7, 11) is -3.88. The first kappa shape index (κ1) is 21.4. The van der Waals surface area contributed by atoms with Crippen LogP contribution in [0.4, 0.5) is 0 Å². The predicted octanol–water partition coefficient (Wildman–Crippen LogP) is 3.60. The van der Waals surface area contributed by atoms with Crippen molar-refractivity contribution < 1.29 is 17.9 Å². The van der Waals surface area contributed by atoms with Crippen LogP contribution in [-0.4, -0.2) is 44.9 Å². The number of nitrogens with one attached hydrogen (secondary N) is 1. The van der Waals surface area contributed by atoms with Crippen molar-refractivity contribution in [1.29, 1.82) is 0 Å². The number of sulfonamides is 1. The standard InChI is InChI=1S/C18H17Cl3N2O4S/c19-14-4-2-1-3-12(14)11-22-18(24)13-9-17(16(21)10-15(13)20)28(25,26)23-5-7-27-8-6-23/h1-4,9-10H,5-8,11H2,(H,22,24). The molecule has 10 heteroatoms. The Balaban J connectivity index is 1.86. The lowest BCUT2D eigenvalue weighted by Gasteiger charge is -2.26. The highest BCUT2D eigenvalue weighted by atomic mass is 35.5. The molecule has 2 aromatic rings. The van der Waals surface area contributed by atoms with Crippen molar-refractivity contribution in [1.82, 2.24) is 9.62 Å². The molecule has 0 atom stereocenters. The van der Waals surface area contributed by atoms with Gasteiger partial charge in [0.05, 0.1) is 28.8 Å². The molecule has 6 nitrogen and oxygen atoms in total. The molecule has 1 aliphatic heterocycles. The summed E-state index contributed by atoms with van der Waals surface area (Å²) in [6.45, 7) is 1.21. The van der Waals surface area contributed by atoms with Gasteiger partial charge in [-0.3, -0.25) is 4.79 Å². The highest BCUT2D eigenvalue weighted by molar-refractivity contribution is 7.89. The van der Waals surface area contributed by atoms with Crippen molar-refractivity contribution in [3.05, 3.63) is 62.6 Å². The molecule has 2 aromatic carbocycles. The molecule has 0 saturated carbocycles. The number of rotatable bonds is 5. The number of ether oxygens (including phenoxy) is 1. The number of morpholine rings is 1. The third kappa shape index (κ3) is 4.62. The van der Waals surface area contributed by atoms with E-state index in [2.05, 4.69) is 5.32 Å². The number of halogens is 3. The number of amides is 1. The van der Waals surface area contributed by atoms with Gasteiger partial charge < -0.3 is 10.1 Å². The average molecular weight is 464 g/mol. The molecule has 0 spiro atoms. The van der Waals surface area contributed by atoms with Crippen LogP contribution in [0.1, 0.15) is 15.9 Å².